The highest BCUT2D eigenvalue weighted by Crippen LogP contribution is 2.29. The van der Waals surface area contributed by atoms with Crippen molar-refractivity contribution in [3.63, 3.8) is 0 Å². The fraction of sp³-hybridized carbons (Fsp3) is 0.538. The van der Waals surface area contributed by atoms with Crippen LogP contribution in [-0.4, -0.2) is 31.8 Å². The molecule has 0 amide bonds. The fourth-order valence-electron chi connectivity index (χ4n) is 2.18. The van der Waals surface area contributed by atoms with Gasteiger partial charge >= 0.3 is 0 Å². The zero-order chi connectivity index (χ0) is 13.8. The molecule has 2 aromatic rings. The van der Waals surface area contributed by atoms with E-state index in [0.29, 0.717) is 18.0 Å². The third-order valence-electron chi connectivity index (χ3n) is 3.09. The zero-order valence-corrected chi connectivity index (χ0v) is 11.6. The van der Waals surface area contributed by atoms with Gasteiger partial charge in [0.25, 0.3) is 0 Å². The molecule has 19 heavy (non-hydrogen) atoms. The van der Waals surface area contributed by atoms with Gasteiger partial charge < -0.3 is 9.84 Å². The van der Waals surface area contributed by atoms with E-state index in [1.807, 2.05) is 17.7 Å². The molecule has 1 atom stereocenters. The van der Waals surface area contributed by atoms with Crippen LogP contribution >= 0.6 is 0 Å². The van der Waals surface area contributed by atoms with Crippen LogP contribution in [0.3, 0.4) is 0 Å². The van der Waals surface area contributed by atoms with Gasteiger partial charge in [-0.15, -0.1) is 0 Å². The molecule has 2 rings (SSSR count). The summed E-state index contributed by atoms with van der Waals surface area (Å²) < 4.78 is 8.83. The molecule has 104 valence electrons. The molecule has 0 fully saturated rings. The van der Waals surface area contributed by atoms with Crippen LogP contribution in [0.5, 0.6) is 5.75 Å². The van der Waals surface area contributed by atoms with E-state index in [0.717, 1.165) is 18.7 Å². The third kappa shape index (κ3) is 2.49. The van der Waals surface area contributed by atoms with E-state index in [2.05, 4.69) is 17.1 Å². The normalized spacial score (nSPS) is 12.6. The van der Waals surface area contributed by atoms with Gasteiger partial charge in [0.15, 0.2) is 5.75 Å². The fourth-order valence-corrected chi connectivity index (χ4v) is 2.18. The molecular weight excluding hydrogens is 244 g/mol. The Kier molecular flexibility index (Phi) is 4.21. The monoisotopic (exact) mass is 264 g/mol. The van der Waals surface area contributed by atoms with Gasteiger partial charge in [-0.25, -0.2) is 0 Å². The molecule has 0 aliphatic rings. The number of aryl methyl sites for hydroxylation is 2. The summed E-state index contributed by atoms with van der Waals surface area (Å²) in [6.45, 7) is 5.51. The molecule has 0 bridgehead atoms. The third-order valence-corrected chi connectivity index (χ3v) is 3.09. The summed E-state index contributed by atoms with van der Waals surface area (Å²) in [6.07, 6.45) is 3.51. The Hall–Kier alpha value is -1.82. The molecule has 0 aliphatic heterocycles. The lowest BCUT2D eigenvalue weighted by Crippen LogP contribution is -2.15. The molecular formula is C13H20N4O2. The summed E-state index contributed by atoms with van der Waals surface area (Å²) in [4.78, 5) is 0. The molecule has 0 saturated carbocycles. The second-order valence-electron chi connectivity index (χ2n) is 4.30. The predicted octanol–water partition coefficient (Wildman–Crippen LogP) is 1.60. The molecule has 1 unspecified atom stereocenters. The maximum atomic E-state index is 10.6. The number of ether oxygens (including phenoxy) is 1. The standard InChI is InChI=1S/C13H20N4O2/c1-4-8-17-10(6-7-14-17)13(18)12-11(19-3)9-15-16(12)5-2/h6-7,9,13,18H,4-5,8H2,1-3H3. The minimum absolute atomic E-state index is 0.596. The van der Waals surface area contributed by atoms with E-state index < -0.39 is 6.10 Å². The summed E-state index contributed by atoms with van der Waals surface area (Å²) in [7, 11) is 1.58. The SMILES string of the molecule is CCCn1nccc1C(O)c1c(OC)cnn1CC. The molecule has 2 aromatic heterocycles. The van der Waals surface area contributed by atoms with Crippen LogP contribution in [-0.2, 0) is 13.1 Å². The minimum atomic E-state index is -0.786. The highest BCUT2D eigenvalue weighted by atomic mass is 16.5. The summed E-state index contributed by atoms with van der Waals surface area (Å²) in [5.74, 6) is 0.596. The van der Waals surface area contributed by atoms with E-state index in [1.54, 1.807) is 24.2 Å². The Morgan fingerprint density at radius 3 is 2.74 bits per heavy atom. The molecule has 1 N–H and O–H groups in total. The molecule has 6 heteroatoms. The molecule has 0 spiro atoms. The van der Waals surface area contributed by atoms with Crippen molar-refractivity contribution >= 4 is 0 Å². The maximum absolute atomic E-state index is 10.6. The van der Waals surface area contributed by atoms with Gasteiger partial charge in [-0.05, 0) is 19.4 Å². The summed E-state index contributed by atoms with van der Waals surface area (Å²) >= 11 is 0. The average Bonchev–Trinajstić information content (AvgIpc) is 3.03. The average molecular weight is 264 g/mol. The molecule has 0 aromatic carbocycles. The Balaban J connectivity index is 2.40. The summed E-state index contributed by atoms with van der Waals surface area (Å²) in [5, 5.41) is 19.0. The van der Waals surface area contributed by atoms with Crippen molar-refractivity contribution in [2.45, 2.75) is 39.5 Å². The second kappa shape index (κ2) is 5.88. The first-order valence-electron chi connectivity index (χ1n) is 6.52. The number of methoxy groups -OCH3 is 1. The Labute approximate surface area is 112 Å². The van der Waals surface area contributed by atoms with Crippen molar-refractivity contribution < 1.29 is 9.84 Å². The van der Waals surface area contributed by atoms with Gasteiger partial charge in [0.1, 0.15) is 11.8 Å². The zero-order valence-electron chi connectivity index (χ0n) is 11.6. The van der Waals surface area contributed by atoms with Crippen LogP contribution in [0.15, 0.2) is 18.5 Å². The first-order valence-corrected chi connectivity index (χ1v) is 6.52. The van der Waals surface area contributed by atoms with Crippen LogP contribution in [0.4, 0.5) is 0 Å². The number of rotatable bonds is 6. The van der Waals surface area contributed by atoms with Crippen LogP contribution < -0.4 is 4.74 Å². The van der Waals surface area contributed by atoms with E-state index in [1.165, 1.54) is 0 Å². The van der Waals surface area contributed by atoms with Gasteiger partial charge in [0, 0.05) is 19.3 Å². The first kappa shape index (κ1) is 13.6. The molecule has 2 heterocycles. The summed E-state index contributed by atoms with van der Waals surface area (Å²) in [6, 6.07) is 1.83. The van der Waals surface area contributed by atoms with Crippen LogP contribution in [0.2, 0.25) is 0 Å². The van der Waals surface area contributed by atoms with Crippen molar-refractivity contribution in [3.05, 3.63) is 29.8 Å². The lowest BCUT2D eigenvalue weighted by molar-refractivity contribution is 0.191. The van der Waals surface area contributed by atoms with Crippen LogP contribution in [0.1, 0.15) is 37.8 Å². The van der Waals surface area contributed by atoms with Gasteiger partial charge in [-0.3, -0.25) is 9.36 Å². The van der Waals surface area contributed by atoms with Crippen molar-refractivity contribution in [2.24, 2.45) is 0 Å². The number of aromatic nitrogens is 4. The van der Waals surface area contributed by atoms with E-state index in [4.69, 9.17) is 4.74 Å². The van der Waals surface area contributed by atoms with Gasteiger partial charge in [-0.2, -0.15) is 10.2 Å². The Morgan fingerprint density at radius 1 is 1.32 bits per heavy atom. The highest BCUT2D eigenvalue weighted by molar-refractivity contribution is 5.32. The van der Waals surface area contributed by atoms with Crippen molar-refractivity contribution in [1.82, 2.24) is 19.6 Å². The van der Waals surface area contributed by atoms with Crippen molar-refractivity contribution in [2.75, 3.05) is 7.11 Å². The largest absolute Gasteiger partial charge is 0.493 e. The Morgan fingerprint density at radius 2 is 2.11 bits per heavy atom. The molecule has 0 aliphatic carbocycles. The molecule has 6 nitrogen and oxygen atoms in total. The highest BCUT2D eigenvalue weighted by Gasteiger charge is 2.23. The van der Waals surface area contributed by atoms with Gasteiger partial charge in [-0.1, -0.05) is 6.92 Å². The van der Waals surface area contributed by atoms with Crippen LogP contribution in [0.25, 0.3) is 0 Å². The minimum Gasteiger partial charge on any atom is -0.493 e. The smallest absolute Gasteiger partial charge is 0.163 e. The number of nitrogens with zero attached hydrogens (tertiary/aromatic N) is 4. The van der Waals surface area contributed by atoms with E-state index in [-0.39, 0.29) is 0 Å². The number of hydrogen-bond acceptors (Lipinski definition) is 4. The van der Waals surface area contributed by atoms with E-state index >= 15 is 0 Å². The Bertz CT molecular complexity index is 511. The van der Waals surface area contributed by atoms with Gasteiger partial charge in [0.2, 0.25) is 0 Å². The quantitative estimate of drug-likeness (QED) is 0.860. The topological polar surface area (TPSA) is 65.1 Å². The first-order chi connectivity index (χ1) is 9.22. The van der Waals surface area contributed by atoms with Crippen molar-refractivity contribution in [1.29, 1.82) is 0 Å². The number of aliphatic hydroxyl groups excluding tert-OH is 1. The second-order valence-corrected chi connectivity index (χ2v) is 4.30. The lowest BCUT2D eigenvalue weighted by Gasteiger charge is -2.15. The van der Waals surface area contributed by atoms with Crippen molar-refractivity contribution in [3.8, 4) is 5.75 Å². The maximum Gasteiger partial charge on any atom is 0.163 e. The van der Waals surface area contributed by atoms with E-state index in [9.17, 15) is 5.11 Å². The number of aliphatic hydroxyl groups is 1. The number of hydrogen-bond donors (Lipinski definition) is 1. The van der Waals surface area contributed by atoms with Gasteiger partial charge in [0.05, 0.1) is 19.0 Å². The molecule has 0 radical (unpaired) electrons. The summed E-state index contributed by atoms with van der Waals surface area (Å²) in [5.41, 5.74) is 1.43. The predicted molar refractivity (Wildman–Crippen MR) is 71.0 cm³/mol. The van der Waals surface area contributed by atoms with Crippen LogP contribution in [0, 0.1) is 0 Å². The lowest BCUT2D eigenvalue weighted by atomic mass is 10.1. The molecule has 0 saturated heterocycles.